The summed E-state index contributed by atoms with van der Waals surface area (Å²) < 4.78 is 25.3. The lowest BCUT2D eigenvalue weighted by Crippen LogP contribution is -2.14. The van der Waals surface area contributed by atoms with Gasteiger partial charge in [-0.15, -0.1) is 0 Å². The minimum atomic E-state index is -3.19. The maximum atomic E-state index is 11.9. The molecule has 1 aliphatic rings. The van der Waals surface area contributed by atoms with E-state index in [1.807, 2.05) is 13.0 Å². The highest BCUT2D eigenvalue weighted by Crippen LogP contribution is 2.29. The third kappa shape index (κ3) is 1.55. The summed E-state index contributed by atoms with van der Waals surface area (Å²) in [6.45, 7) is 2.68. The Labute approximate surface area is 84.4 Å². The van der Waals surface area contributed by atoms with Crippen molar-refractivity contribution in [1.82, 2.24) is 4.31 Å². The van der Waals surface area contributed by atoms with Crippen LogP contribution in [-0.2, 0) is 10.0 Å². The van der Waals surface area contributed by atoms with E-state index in [2.05, 4.69) is 0 Å². The maximum absolute atomic E-state index is 11.9. The van der Waals surface area contributed by atoms with Crippen LogP contribution in [0.2, 0.25) is 0 Å². The van der Waals surface area contributed by atoms with Crippen LogP contribution in [-0.4, -0.2) is 25.3 Å². The zero-order chi connectivity index (χ0) is 10.2. The minimum absolute atomic E-state index is 0.222. The van der Waals surface area contributed by atoms with Gasteiger partial charge in [0.2, 0.25) is 10.0 Å². The predicted molar refractivity (Wildman–Crippen MR) is 54.4 cm³/mol. The summed E-state index contributed by atoms with van der Waals surface area (Å²) in [5, 5.41) is 0. The van der Waals surface area contributed by atoms with E-state index in [4.69, 9.17) is 0 Å². The molecule has 0 N–H and O–H groups in total. The zero-order valence-corrected chi connectivity index (χ0v) is 8.87. The molecule has 1 aromatic carbocycles. The Morgan fingerprint density at radius 2 is 2.00 bits per heavy atom. The van der Waals surface area contributed by atoms with E-state index in [1.54, 1.807) is 28.6 Å². The lowest BCUT2D eigenvalue weighted by atomic mass is 10.4. The summed E-state index contributed by atoms with van der Waals surface area (Å²) in [7, 11) is -3.19. The van der Waals surface area contributed by atoms with E-state index in [1.165, 1.54) is 0 Å². The molecule has 0 aliphatic carbocycles. The number of hydrogen-bond donors (Lipinski definition) is 0. The summed E-state index contributed by atoms with van der Waals surface area (Å²) in [6, 6.07) is 8.81. The lowest BCUT2D eigenvalue weighted by Gasteiger charge is -2.04. The Kier molecular flexibility index (Phi) is 2.33. The Morgan fingerprint density at radius 3 is 2.50 bits per heavy atom. The predicted octanol–water partition coefficient (Wildman–Crippen LogP) is 1.47. The van der Waals surface area contributed by atoms with Crippen molar-refractivity contribution in [3.05, 3.63) is 30.3 Å². The highest BCUT2D eigenvalue weighted by molar-refractivity contribution is 7.89. The summed E-state index contributed by atoms with van der Waals surface area (Å²) >= 11 is 0. The van der Waals surface area contributed by atoms with Crippen molar-refractivity contribution in [2.45, 2.75) is 24.3 Å². The van der Waals surface area contributed by atoms with Crippen molar-refractivity contribution in [3.8, 4) is 0 Å². The third-order valence-electron chi connectivity index (χ3n) is 2.49. The molecular formula is C10H13NO2S. The number of sulfonamides is 1. The van der Waals surface area contributed by atoms with Gasteiger partial charge in [0.1, 0.15) is 0 Å². The average molecular weight is 211 g/mol. The van der Waals surface area contributed by atoms with Gasteiger partial charge < -0.3 is 0 Å². The van der Waals surface area contributed by atoms with Crippen molar-refractivity contribution >= 4 is 10.0 Å². The van der Waals surface area contributed by atoms with Gasteiger partial charge >= 0.3 is 0 Å². The average Bonchev–Trinajstić information content (AvgIpc) is 2.98. The molecule has 0 saturated carbocycles. The smallest absolute Gasteiger partial charge is 0.207 e. The Balaban J connectivity index is 2.27. The van der Waals surface area contributed by atoms with Crippen LogP contribution < -0.4 is 0 Å². The van der Waals surface area contributed by atoms with Gasteiger partial charge in [-0.05, 0) is 18.6 Å². The highest BCUT2D eigenvalue weighted by atomic mass is 32.2. The van der Waals surface area contributed by atoms with Gasteiger partial charge in [-0.2, -0.15) is 4.31 Å². The fraction of sp³-hybridized carbons (Fsp3) is 0.400. The highest BCUT2D eigenvalue weighted by Gasteiger charge is 2.42. The molecule has 0 radical (unpaired) electrons. The topological polar surface area (TPSA) is 37.1 Å². The molecule has 2 rings (SSSR count). The Hall–Kier alpha value is -0.870. The second kappa shape index (κ2) is 3.37. The molecular weight excluding hydrogens is 198 g/mol. The van der Waals surface area contributed by atoms with Crippen LogP contribution in [0, 0.1) is 0 Å². The summed E-state index contributed by atoms with van der Waals surface area (Å²) in [5.74, 6) is 0. The third-order valence-corrected chi connectivity index (χ3v) is 4.42. The van der Waals surface area contributed by atoms with E-state index >= 15 is 0 Å². The standard InChI is InChI=1S/C10H13NO2S/c1-2-9-8-11(9)14(12,13)10-6-4-3-5-7-10/h3-7,9H,2,8H2,1H3. The van der Waals surface area contributed by atoms with Crippen LogP contribution in [0.15, 0.2) is 35.2 Å². The number of hydrogen-bond acceptors (Lipinski definition) is 2. The van der Waals surface area contributed by atoms with Gasteiger partial charge in [-0.3, -0.25) is 0 Å². The van der Waals surface area contributed by atoms with Gasteiger partial charge in [-0.1, -0.05) is 25.1 Å². The first-order valence-electron chi connectivity index (χ1n) is 4.73. The van der Waals surface area contributed by atoms with Crippen LogP contribution >= 0.6 is 0 Å². The minimum Gasteiger partial charge on any atom is -0.207 e. The molecule has 1 heterocycles. The number of nitrogens with zero attached hydrogens (tertiary/aromatic N) is 1. The summed E-state index contributed by atoms with van der Waals surface area (Å²) in [4.78, 5) is 0.399. The number of rotatable bonds is 3. The molecule has 1 fully saturated rings. The van der Waals surface area contributed by atoms with Gasteiger partial charge in [0, 0.05) is 12.6 Å². The molecule has 3 nitrogen and oxygen atoms in total. The zero-order valence-electron chi connectivity index (χ0n) is 8.05. The molecule has 2 unspecified atom stereocenters. The molecule has 0 aromatic heterocycles. The molecule has 0 bridgehead atoms. The molecule has 4 heteroatoms. The van der Waals surface area contributed by atoms with Crippen molar-refractivity contribution in [1.29, 1.82) is 0 Å². The molecule has 1 saturated heterocycles. The fourth-order valence-corrected chi connectivity index (χ4v) is 3.20. The van der Waals surface area contributed by atoms with Crippen LogP contribution in [0.25, 0.3) is 0 Å². The first kappa shape index (κ1) is 9.68. The van der Waals surface area contributed by atoms with Crippen LogP contribution in [0.4, 0.5) is 0 Å². The molecule has 1 aromatic rings. The maximum Gasteiger partial charge on any atom is 0.243 e. The van der Waals surface area contributed by atoms with Gasteiger partial charge in [0.05, 0.1) is 4.90 Å². The lowest BCUT2D eigenvalue weighted by molar-refractivity contribution is 0.550. The number of benzene rings is 1. The van der Waals surface area contributed by atoms with Crippen molar-refractivity contribution in [3.63, 3.8) is 0 Å². The quantitative estimate of drug-likeness (QED) is 0.710. The fourth-order valence-electron chi connectivity index (χ4n) is 1.52. The first-order valence-corrected chi connectivity index (χ1v) is 6.17. The monoisotopic (exact) mass is 211 g/mol. The molecule has 76 valence electrons. The van der Waals surface area contributed by atoms with Gasteiger partial charge in [0.25, 0.3) is 0 Å². The van der Waals surface area contributed by atoms with E-state index < -0.39 is 10.0 Å². The van der Waals surface area contributed by atoms with E-state index in [-0.39, 0.29) is 6.04 Å². The molecule has 0 spiro atoms. The first-order chi connectivity index (χ1) is 6.66. The normalized spacial score (nSPS) is 26.1. The summed E-state index contributed by atoms with van der Waals surface area (Å²) in [6.07, 6.45) is 0.895. The second-order valence-corrected chi connectivity index (χ2v) is 5.34. The van der Waals surface area contributed by atoms with E-state index in [0.29, 0.717) is 11.4 Å². The SMILES string of the molecule is CCC1CN1S(=O)(=O)c1ccccc1. The van der Waals surface area contributed by atoms with Crippen LogP contribution in [0.5, 0.6) is 0 Å². The van der Waals surface area contributed by atoms with Crippen molar-refractivity contribution < 1.29 is 8.42 Å². The van der Waals surface area contributed by atoms with Crippen molar-refractivity contribution in [2.24, 2.45) is 0 Å². The van der Waals surface area contributed by atoms with E-state index in [0.717, 1.165) is 6.42 Å². The largest absolute Gasteiger partial charge is 0.243 e. The van der Waals surface area contributed by atoms with Gasteiger partial charge in [0.15, 0.2) is 0 Å². The molecule has 0 amide bonds. The Morgan fingerprint density at radius 1 is 1.36 bits per heavy atom. The molecule has 14 heavy (non-hydrogen) atoms. The van der Waals surface area contributed by atoms with Gasteiger partial charge in [-0.25, -0.2) is 8.42 Å². The molecule has 1 aliphatic heterocycles. The van der Waals surface area contributed by atoms with Crippen molar-refractivity contribution in [2.75, 3.05) is 6.54 Å². The second-order valence-electron chi connectivity index (χ2n) is 3.45. The molecule has 2 atom stereocenters. The Bertz CT molecular complexity index is 413. The van der Waals surface area contributed by atoms with Crippen LogP contribution in [0.1, 0.15) is 13.3 Å². The summed E-state index contributed by atoms with van der Waals surface area (Å²) in [5.41, 5.74) is 0. The van der Waals surface area contributed by atoms with Crippen LogP contribution in [0.3, 0.4) is 0 Å². The van der Waals surface area contributed by atoms with E-state index in [9.17, 15) is 8.42 Å².